The van der Waals surface area contributed by atoms with Crippen molar-refractivity contribution in [1.29, 1.82) is 0 Å². The van der Waals surface area contributed by atoms with E-state index in [2.05, 4.69) is 22.3 Å². The zero-order chi connectivity index (χ0) is 18.3. The van der Waals surface area contributed by atoms with Gasteiger partial charge in [-0.05, 0) is 44.9 Å². The van der Waals surface area contributed by atoms with E-state index in [4.69, 9.17) is 9.47 Å². The van der Waals surface area contributed by atoms with E-state index in [1.165, 1.54) is 19.3 Å². The van der Waals surface area contributed by atoms with Gasteiger partial charge in [0.25, 0.3) is 0 Å². The number of nitrogens with one attached hydrogen (secondary N) is 1. The van der Waals surface area contributed by atoms with Gasteiger partial charge in [0, 0.05) is 46.8 Å². The summed E-state index contributed by atoms with van der Waals surface area (Å²) in [6, 6.07) is 0. The molecule has 0 aromatic rings. The molecule has 1 N–H and O–H groups in total. The van der Waals surface area contributed by atoms with Crippen LogP contribution in [0.3, 0.4) is 0 Å². The molecule has 0 radical (unpaired) electrons. The average molecular weight is 483 g/mol. The Labute approximate surface area is 176 Å². The van der Waals surface area contributed by atoms with Gasteiger partial charge in [0.15, 0.2) is 5.96 Å². The van der Waals surface area contributed by atoms with Gasteiger partial charge in [-0.1, -0.05) is 12.8 Å². The highest BCUT2D eigenvalue weighted by Crippen LogP contribution is 2.18. The lowest BCUT2D eigenvalue weighted by atomic mass is 9.96. The van der Waals surface area contributed by atoms with Crippen molar-refractivity contribution in [3.05, 3.63) is 0 Å². The van der Waals surface area contributed by atoms with Crippen LogP contribution in [0.4, 0.5) is 0 Å². The number of nitrogens with zero attached hydrogens (tertiary/aromatic N) is 2. The molecule has 0 amide bonds. The standard InChI is InChI=1S/C19H37N3O3.HI/c1-4-25-18(23)9-7-5-6-8-13-21-19(20-2)22(3)14-10-17-11-15-24-16-12-17;/h17H,4-16H2,1-3H3,(H,20,21);1H. The third kappa shape index (κ3) is 11.9. The predicted octanol–water partition coefficient (Wildman–Crippen LogP) is 3.44. The minimum atomic E-state index is -0.0767. The lowest BCUT2D eigenvalue weighted by Gasteiger charge is -2.26. The van der Waals surface area contributed by atoms with Crippen LogP contribution in [-0.4, -0.2) is 63.8 Å². The van der Waals surface area contributed by atoms with E-state index in [-0.39, 0.29) is 29.9 Å². The number of carbonyl (C=O) groups is 1. The molecule has 0 spiro atoms. The second-order valence-corrected chi connectivity index (χ2v) is 6.71. The van der Waals surface area contributed by atoms with Crippen molar-refractivity contribution in [3.63, 3.8) is 0 Å². The quantitative estimate of drug-likeness (QED) is 0.160. The van der Waals surface area contributed by atoms with E-state index in [1.54, 1.807) is 0 Å². The van der Waals surface area contributed by atoms with Gasteiger partial charge in [-0.25, -0.2) is 0 Å². The molecule has 1 rings (SSSR count). The largest absolute Gasteiger partial charge is 0.466 e. The van der Waals surface area contributed by atoms with Crippen LogP contribution in [0.2, 0.25) is 0 Å². The lowest BCUT2D eigenvalue weighted by Crippen LogP contribution is -2.40. The smallest absolute Gasteiger partial charge is 0.305 e. The molecule has 0 aromatic carbocycles. The number of hydrogen-bond acceptors (Lipinski definition) is 4. The Morgan fingerprint density at radius 1 is 1.23 bits per heavy atom. The Hall–Kier alpha value is -0.570. The van der Waals surface area contributed by atoms with Crippen LogP contribution >= 0.6 is 24.0 Å². The minimum absolute atomic E-state index is 0. The Morgan fingerprint density at radius 3 is 2.58 bits per heavy atom. The fourth-order valence-corrected chi connectivity index (χ4v) is 3.08. The van der Waals surface area contributed by atoms with Gasteiger partial charge < -0.3 is 19.7 Å². The number of halogens is 1. The molecule has 0 aromatic heterocycles. The summed E-state index contributed by atoms with van der Waals surface area (Å²) in [5, 5.41) is 3.44. The molecule has 0 saturated carbocycles. The van der Waals surface area contributed by atoms with Crippen LogP contribution in [0.25, 0.3) is 0 Å². The number of esters is 1. The summed E-state index contributed by atoms with van der Waals surface area (Å²) in [5.41, 5.74) is 0. The molecular formula is C19H38IN3O3. The van der Waals surface area contributed by atoms with E-state index in [0.717, 1.165) is 63.9 Å². The molecular weight excluding hydrogens is 445 g/mol. The van der Waals surface area contributed by atoms with Gasteiger partial charge in [0.1, 0.15) is 0 Å². The first-order chi connectivity index (χ1) is 12.2. The monoisotopic (exact) mass is 483 g/mol. The van der Waals surface area contributed by atoms with E-state index in [0.29, 0.717) is 13.0 Å². The Balaban J connectivity index is 0.00000625. The summed E-state index contributed by atoms with van der Waals surface area (Å²) in [4.78, 5) is 17.8. The van der Waals surface area contributed by atoms with Crippen LogP contribution in [-0.2, 0) is 14.3 Å². The van der Waals surface area contributed by atoms with Crippen LogP contribution in [0.1, 0.15) is 58.3 Å². The molecule has 1 aliphatic heterocycles. The number of hydrogen-bond donors (Lipinski definition) is 1. The van der Waals surface area contributed by atoms with Gasteiger partial charge in [0.2, 0.25) is 0 Å². The first-order valence-electron chi connectivity index (χ1n) is 9.82. The van der Waals surface area contributed by atoms with Gasteiger partial charge in [0.05, 0.1) is 6.61 Å². The molecule has 0 unspecified atom stereocenters. The topological polar surface area (TPSA) is 63.2 Å². The maximum atomic E-state index is 11.2. The fourth-order valence-electron chi connectivity index (χ4n) is 3.08. The lowest BCUT2D eigenvalue weighted by molar-refractivity contribution is -0.143. The van der Waals surface area contributed by atoms with Crippen molar-refractivity contribution in [1.82, 2.24) is 10.2 Å². The molecule has 1 heterocycles. The highest BCUT2D eigenvalue weighted by atomic mass is 127. The van der Waals surface area contributed by atoms with Crippen LogP contribution in [0.5, 0.6) is 0 Å². The highest BCUT2D eigenvalue weighted by Gasteiger charge is 2.15. The number of guanidine groups is 1. The molecule has 0 aliphatic carbocycles. The van der Waals surface area contributed by atoms with Gasteiger partial charge in [-0.2, -0.15) is 0 Å². The molecule has 154 valence electrons. The molecule has 0 bridgehead atoms. The van der Waals surface area contributed by atoms with E-state index in [9.17, 15) is 4.79 Å². The van der Waals surface area contributed by atoms with Crippen molar-refractivity contribution in [3.8, 4) is 0 Å². The zero-order valence-corrected chi connectivity index (χ0v) is 19.1. The van der Waals surface area contributed by atoms with Crippen molar-refractivity contribution in [2.75, 3.05) is 47.0 Å². The molecule has 1 fully saturated rings. The summed E-state index contributed by atoms with van der Waals surface area (Å²) < 4.78 is 10.3. The molecule has 1 saturated heterocycles. The minimum Gasteiger partial charge on any atom is -0.466 e. The number of unbranched alkanes of at least 4 members (excludes halogenated alkanes) is 3. The molecule has 26 heavy (non-hydrogen) atoms. The highest BCUT2D eigenvalue weighted by molar-refractivity contribution is 14.0. The Kier molecular flexibility index (Phi) is 16.2. The second-order valence-electron chi connectivity index (χ2n) is 6.71. The molecule has 0 atom stereocenters. The summed E-state index contributed by atoms with van der Waals surface area (Å²) >= 11 is 0. The van der Waals surface area contributed by atoms with Gasteiger partial charge >= 0.3 is 5.97 Å². The number of aliphatic imine (C=N–C) groups is 1. The first kappa shape index (κ1) is 25.4. The van der Waals surface area contributed by atoms with E-state index < -0.39 is 0 Å². The third-order valence-electron chi connectivity index (χ3n) is 4.68. The number of carbonyl (C=O) groups excluding carboxylic acids is 1. The second kappa shape index (κ2) is 16.6. The molecule has 6 nitrogen and oxygen atoms in total. The SMILES string of the molecule is CCOC(=O)CCCCCCNC(=NC)N(C)CCC1CCOCC1.I. The number of rotatable bonds is 11. The molecule has 7 heteroatoms. The van der Waals surface area contributed by atoms with Crippen LogP contribution in [0, 0.1) is 5.92 Å². The maximum absolute atomic E-state index is 11.2. The Bertz CT molecular complexity index is 388. The zero-order valence-electron chi connectivity index (χ0n) is 16.8. The van der Waals surface area contributed by atoms with E-state index >= 15 is 0 Å². The summed E-state index contributed by atoms with van der Waals surface area (Å²) in [5.74, 6) is 1.68. The van der Waals surface area contributed by atoms with E-state index in [1.807, 2.05) is 14.0 Å². The van der Waals surface area contributed by atoms with Crippen molar-refractivity contribution >= 4 is 35.9 Å². The third-order valence-corrected chi connectivity index (χ3v) is 4.68. The number of ether oxygens (including phenoxy) is 2. The van der Waals surface area contributed by atoms with Crippen LogP contribution < -0.4 is 5.32 Å². The first-order valence-corrected chi connectivity index (χ1v) is 9.82. The summed E-state index contributed by atoms with van der Waals surface area (Å²) in [7, 11) is 3.95. The van der Waals surface area contributed by atoms with Gasteiger partial charge in [-0.15, -0.1) is 24.0 Å². The van der Waals surface area contributed by atoms with Gasteiger partial charge in [-0.3, -0.25) is 9.79 Å². The Morgan fingerprint density at radius 2 is 1.92 bits per heavy atom. The average Bonchev–Trinajstić information content (AvgIpc) is 2.63. The molecule has 1 aliphatic rings. The van der Waals surface area contributed by atoms with Crippen molar-refractivity contribution < 1.29 is 14.3 Å². The summed E-state index contributed by atoms with van der Waals surface area (Å²) in [6.07, 6.45) is 8.31. The fraction of sp³-hybridized carbons (Fsp3) is 0.895. The van der Waals surface area contributed by atoms with Crippen molar-refractivity contribution in [2.24, 2.45) is 10.9 Å². The predicted molar refractivity (Wildman–Crippen MR) is 117 cm³/mol. The maximum Gasteiger partial charge on any atom is 0.305 e. The summed E-state index contributed by atoms with van der Waals surface area (Å²) in [6.45, 7) is 6.10. The van der Waals surface area contributed by atoms with Crippen molar-refractivity contribution in [2.45, 2.75) is 58.3 Å². The van der Waals surface area contributed by atoms with Crippen LogP contribution in [0.15, 0.2) is 4.99 Å². The normalized spacial score (nSPS) is 15.3.